The van der Waals surface area contributed by atoms with Gasteiger partial charge in [0.2, 0.25) is 11.8 Å². The van der Waals surface area contributed by atoms with Gasteiger partial charge in [-0.25, -0.2) is 4.98 Å². The highest BCUT2D eigenvalue weighted by molar-refractivity contribution is 5.91. The van der Waals surface area contributed by atoms with Crippen molar-refractivity contribution in [2.24, 2.45) is 0 Å². The van der Waals surface area contributed by atoms with Crippen LogP contribution in [0.3, 0.4) is 0 Å². The van der Waals surface area contributed by atoms with E-state index in [1.807, 2.05) is 30.3 Å². The van der Waals surface area contributed by atoms with Crippen LogP contribution in [0.5, 0.6) is 17.6 Å². The Bertz CT molecular complexity index is 792. The Balaban J connectivity index is 1.57. The first kappa shape index (κ1) is 18.7. The van der Waals surface area contributed by atoms with E-state index in [0.29, 0.717) is 12.4 Å². The van der Waals surface area contributed by atoms with E-state index in [4.69, 9.17) is 14.2 Å². The number of rotatable bonds is 6. The van der Waals surface area contributed by atoms with Crippen LogP contribution in [0, 0.1) is 0 Å². The summed E-state index contributed by atoms with van der Waals surface area (Å²) in [5.41, 5.74) is 0.946. The minimum Gasteiger partial charge on any atom is -0.497 e. The fourth-order valence-corrected chi connectivity index (χ4v) is 2.88. The molecule has 0 N–H and O–H groups in total. The number of aromatic nitrogens is 2. The lowest BCUT2D eigenvalue weighted by Crippen LogP contribution is -2.43. The molecule has 1 aromatic heterocycles. The number of amides is 1. The normalized spacial score (nSPS) is 17.0. The zero-order chi connectivity index (χ0) is 19.1. The lowest BCUT2D eigenvalue weighted by molar-refractivity contribution is -0.128. The average Bonchev–Trinajstić information content (AvgIpc) is 2.72. The standard InChI is InChI=1S/C20H23N3O4/c1-25-16-8-5-15(6-9-16)7-10-19(24)23-13-3-4-17(14-23)27-18-11-12-21-20(22-18)26-2/h5-12,17H,3-4,13-14H2,1-2H3/b10-7+. The summed E-state index contributed by atoms with van der Waals surface area (Å²) in [6.07, 6.45) is 6.65. The van der Waals surface area contributed by atoms with Gasteiger partial charge in [-0.2, -0.15) is 4.98 Å². The number of piperidine rings is 1. The highest BCUT2D eigenvalue weighted by Gasteiger charge is 2.24. The molecule has 27 heavy (non-hydrogen) atoms. The molecule has 1 unspecified atom stereocenters. The van der Waals surface area contributed by atoms with Gasteiger partial charge in [0.25, 0.3) is 0 Å². The third-order valence-electron chi connectivity index (χ3n) is 4.30. The molecule has 3 rings (SSSR count). The first-order chi connectivity index (χ1) is 13.2. The third kappa shape index (κ3) is 5.20. The van der Waals surface area contributed by atoms with Gasteiger partial charge in [-0.3, -0.25) is 4.79 Å². The zero-order valence-electron chi connectivity index (χ0n) is 15.5. The van der Waals surface area contributed by atoms with E-state index in [2.05, 4.69) is 9.97 Å². The van der Waals surface area contributed by atoms with Crippen molar-refractivity contribution >= 4 is 12.0 Å². The van der Waals surface area contributed by atoms with Crippen molar-refractivity contribution < 1.29 is 19.0 Å². The van der Waals surface area contributed by atoms with Crippen LogP contribution < -0.4 is 14.2 Å². The van der Waals surface area contributed by atoms with Gasteiger partial charge in [0, 0.05) is 24.9 Å². The van der Waals surface area contributed by atoms with Crippen molar-refractivity contribution in [3.05, 3.63) is 48.2 Å². The minimum absolute atomic E-state index is 0.0283. The summed E-state index contributed by atoms with van der Waals surface area (Å²) >= 11 is 0. The van der Waals surface area contributed by atoms with E-state index in [0.717, 1.165) is 30.7 Å². The van der Waals surface area contributed by atoms with Gasteiger partial charge >= 0.3 is 6.01 Å². The summed E-state index contributed by atoms with van der Waals surface area (Å²) in [4.78, 5) is 22.4. The molecule has 2 heterocycles. The predicted molar refractivity (Wildman–Crippen MR) is 101 cm³/mol. The van der Waals surface area contributed by atoms with Gasteiger partial charge < -0.3 is 19.1 Å². The monoisotopic (exact) mass is 369 g/mol. The number of benzene rings is 1. The molecule has 0 radical (unpaired) electrons. The number of nitrogens with zero attached hydrogens (tertiary/aromatic N) is 3. The number of hydrogen-bond acceptors (Lipinski definition) is 6. The molecule has 1 aliphatic heterocycles. The first-order valence-electron chi connectivity index (χ1n) is 8.82. The van der Waals surface area contributed by atoms with Crippen LogP contribution in [-0.4, -0.2) is 54.2 Å². The Labute approximate surface area is 158 Å². The van der Waals surface area contributed by atoms with Gasteiger partial charge in [0.1, 0.15) is 11.9 Å². The fourth-order valence-electron chi connectivity index (χ4n) is 2.88. The van der Waals surface area contributed by atoms with Crippen molar-refractivity contribution in [1.29, 1.82) is 0 Å². The zero-order valence-corrected chi connectivity index (χ0v) is 15.5. The van der Waals surface area contributed by atoms with E-state index >= 15 is 0 Å². The molecule has 7 nitrogen and oxygen atoms in total. The highest BCUT2D eigenvalue weighted by Crippen LogP contribution is 2.18. The van der Waals surface area contributed by atoms with Crippen LogP contribution in [0.4, 0.5) is 0 Å². The minimum atomic E-state index is -0.100. The van der Waals surface area contributed by atoms with Crippen molar-refractivity contribution in [3.63, 3.8) is 0 Å². The van der Waals surface area contributed by atoms with Gasteiger partial charge in [0.05, 0.1) is 20.8 Å². The highest BCUT2D eigenvalue weighted by atomic mass is 16.5. The fraction of sp³-hybridized carbons (Fsp3) is 0.350. The Morgan fingerprint density at radius 2 is 2.00 bits per heavy atom. The van der Waals surface area contributed by atoms with Crippen LogP contribution in [0.25, 0.3) is 6.08 Å². The molecule has 0 bridgehead atoms. The van der Waals surface area contributed by atoms with Crippen LogP contribution in [0.15, 0.2) is 42.6 Å². The number of hydrogen-bond donors (Lipinski definition) is 0. The molecule has 142 valence electrons. The summed E-state index contributed by atoms with van der Waals surface area (Å²) in [5, 5.41) is 0. The van der Waals surface area contributed by atoms with Crippen molar-refractivity contribution in [1.82, 2.24) is 14.9 Å². The molecule has 7 heteroatoms. The number of likely N-dealkylation sites (tertiary alicyclic amines) is 1. The molecule has 0 aliphatic carbocycles. The lowest BCUT2D eigenvalue weighted by atomic mass is 10.1. The molecule has 1 aromatic carbocycles. The Morgan fingerprint density at radius 1 is 1.19 bits per heavy atom. The Kier molecular flexibility index (Phi) is 6.25. The van der Waals surface area contributed by atoms with Crippen LogP contribution in [-0.2, 0) is 4.79 Å². The maximum absolute atomic E-state index is 12.5. The lowest BCUT2D eigenvalue weighted by Gasteiger charge is -2.32. The molecule has 1 aliphatic rings. The molecular weight excluding hydrogens is 346 g/mol. The second-order valence-corrected chi connectivity index (χ2v) is 6.15. The van der Waals surface area contributed by atoms with E-state index in [-0.39, 0.29) is 18.0 Å². The molecule has 0 saturated carbocycles. The predicted octanol–water partition coefficient (Wildman–Crippen LogP) is 2.58. The second kappa shape index (κ2) is 9.02. The summed E-state index contributed by atoms with van der Waals surface area (Å²) in [7, 11) is 3.13. The van der Waals surface area contributed by atoms with Crippen LogP contribution >= 0.6 is 0 Å². The average molecular weight is 369 g/mol. The molecular formula is C20H23N3O4. The molecule has 1 atom stereocenters. The van der Waals surface area contributed by atoms with Crippen LogP contribution in [0.2, 0.25) is 0 Å². The summed E-state index contributed by atoms with van der Waals surface area (Å²) in [6.45, 7) is 1.25. The number of methoxy groups -OCH3 is 2. The maximum Gasteiger partial charge on any atom is 0.319 e. The van der Waals surface area contributed by atoms with Crippen molar-refractivity contribution in [3.8, 4) is 17.6 Å². The molecule has 1 saturated heterocycles. The molecule has 0 spiro atoms. The first-order valence-corrected chi connectivity index (χ1v) is 8.82. The maximum atomic E-state index is 12.5. The van der Waals surface area contributed by atoms with Crippen LogP contribution in [0.1, 0.15) is 18.4 Å². The van der Waals surface area contributed by atoms with E-state index < -0.39 is 0 Å². The van der Waals surface area contributed by atoms with Gasteiger partial charge in [-0.05, 0) is 36.6 Å². The van der Waals surface area contributed by atoms with Crippen molar-refractivity contribution in [2.75, 3.05) is 27.3 Å². The Morgan fingerprint density at radius 3 is 2.74 bits per heavy atom. The smallest absolute Gasteiger partial charge is 0.319 e. The SMILES string of the molecule is COc1ccc(/C=C/C(=O)N2CCCC(Oc3ccnc(OC)n3)C2)cc1. The molecule has 1 amide bonds. The van der Waals surface area contributed by atoms with Gasteiger partial charge in [-0.15, -0.1) is 0 Å². The van der Waals surface area contributed by atoms with Gasteiger partial charge in [-0.1, -0.05) is 12.1 Å². The Hall–Kier alpha value is -3.09. The van der Waals surface area contributed by atoms with Crippen molar-refractivity contribution in [2.45, 2.75) is 18.9 Å². The molecule has 1 fully saturated rings. The number of carbonyl (C=O) groups excluding carboxylic acids is 1. The summed E-state index contributed by atoms with van der Waals surface area (Å²) in [5.74, 6) is 1.21. The van der Waals surface area contributed by atoms with Gasteiger partial charge in [0.15, 0.2) is 0 Å². The van der Waals surface area contributed by atoms with E-state index in [1.54, 1.807) is 30.3 Å². The largest absolute Gasteiger partial charge is 0.497 e. The summed E-state index contributed by atoms with van der Waals surface area (Å²) in [6, 6.07) is 9.50. The second-order valence-electron chi connectivity index (χ2n) is 6.15. The third-order valence-corrected chi connectivity index (χ3v) is 4.30. The topological polar surface area (TPSA) is 73.8 Å². The quantitative estimate of drug-likeness (QED) is 0.729. The number of carbonyl (C=O) groups is 1. The molecule has 2 aromatic rings. The number of ether oxygens (including phenoxy) is 3. The van der Waals surface area contributed by atoms with E-state index in [9.17, 15) is 4.79 Å². The summed E-state index contributed by atoms with van der Waals surface area (Å²) < 4.78 is 16.0. The van der Waals surface area contributed by atoms with E-state index in [1.165, 1.54) is 7.11 Å².